The van der Waals surface area contributed by atoms with Crippen molar-refractivity contribution in [1.82, 2.24) is 16.0 Å². The summed E-state index contributed by atoms with van der Waals surface area (Å²) in [5.74, 6) is -4.41. The lowest BCUT2D eigenvalue weighted by Crippen LogP contribution is -2.57. The Kier molecular flexibility index (Phi) is 13.4. The number of carboxylic acids is 1. The quantitative estimate of drug-likeness (QED) is 0.0483. The molecule has 0 fully saturated rings. The van der Waals surface area contributed by atoms with E-state index in [1.165, 1.54) is 6.92 Å². The Morgan fingerprint density at radius 2 is 1.50 bits per heavy atom. The van der Waals surface area contributed by atoms with E-state index < -0.39 is 53.8 Å². The predicted molar refractivity (Wildman–Crippen MR) is 119 cm³/mol. The normalized spacial score (nSPS) is 14.2. The highest BCUT2D eigenvalue weighted by atomic mass is 32.1. The molecule has 0 spiro atoms. The monoisotopic (exact) mass is 476 g/mol. The lowest BCUT2D eigenvalue weighted by Gasteiger charge is -2.23. The molecule has 0 rings (SSSR count). The molecule has 0 aliphatic heterocycles. The number of nitrogens with one attached hydrogen (secondary N) is 3. The topological polar surface area (TPSA) is 258 Å². The highest BCUT2D eigenvalue weighted by Crippen LogP contribution is 2.02. The van der Waals surface area contributed by atoms with Crippen molar-refractivity contribution in [2.45, 2.75) is 56.8 Å². The number of guanidine groups is 1. The minimum atomic E-state index is -1.28. The summed E-state index contributed by atoms with van der Waals surface area (Å²) in [6.45, 7) is 1.52. The van der Waals surface area contributed by atoms with Gasteiger partial charge in [-0.25, -0.2) is 0 Å². The number of carbonyl (C=O) groups is 5. The third kappa shape index (κ3) is 11.9. The highest BCUT2D eigenvalue weighted by molar-refractivity contribution is 7.80. The molecule has 0 aromatic carbocycles. The largest absolute Gasteiger partial charge is 0.480 e. The zero-order chi connectivity index (χ0) is 24.8. The minimum Gasteiger partial charge on any atom is -0.480 e. The van der Waals surface area contributed by atoms with Gasteiger partial charge in [0.05, 0.1) is 6.04 Å². The van der Waals surface area contributed by atoms with Gasteiger partial charge in [0.15, 0.2) is 5.96 Å². The second-order valence-electron chi connectivity index (χ2n) is 6.93. The Morgan fingerprint density at radius 1 is 0.938 bits per heavy atom. The van der Waals surface area contributed by atoms with Crippen molar-refractivity contribution in [1.29, 1.82) is 0 Å². The number of primary amides is 1. The fraction of sp³-hybridized carbons (Fsp3) is 0.647. The maximum atomic E-state index is 12.6. The highest BCUT2D eigenvalue weighted by Gasteiger charge is 2.28. The standard InChI is InChI=1S/C17H32N8O6S/c1-8(16(30)31)23-14(28)10(4-5-12(19)26)24-15(29)11(7-32)25-13(27)9(18)3-2-6-22-17(20)21/h8-11,32H,2-7,18H2,1H3,(H2,19,26)(H,23,28)(H,24,29)(H,25,27)(H,30,31)(H4,20,21,22). The Bertz CT molecular complexity index is 715. The van der Waals surface area contributed by atoms with Crippen molar-refractivity contribution in [2.75, 3.05) is 12.3 Å². The number of rotatable bonds is 15. The number of carbonyl (C=O) groups excluding carboxylic acids is 4. The first-order valence-electron chi connectivity index (χ1n) is 9.73. The van der Waals surface area contributed by atoms with Crippen LogP contribution in [0.25, 0.3) is 0 Å². The molecule has 0 bridgehead atoms. The fourth-order valence-electron chi connectivity index (χ4n) is 2.33. The van der Waals surface area contributed by atoms with Crippen molar-refractivity contribution in [3.8, 4) is 0 Å². The van der Waals surface area contributed by atoms with Crippen molar-refractivity contribution in [2.24, 2.45) is 27.9 Å². The summed E-state index contributed by atoms with van der Waals surface area (Å²) >= 11 is 4.03. The average Bonchev–Trinajstić information content (AvgIpc) is 2.71. The van der Waals surface area contributed by atoms with E-state index in [-0.39, 0.29) is 37.5 Å². The second-order valence-corrected chi connectivity index (χ2v) is 7.30. The maximum Gasteiger partial charge on any atom is 0.325 e. The van der Waals surface area contributed by atoms with E-state index in [9.17, 15) is 24.0 Å². The lowest BCUT2D eigenvalue weighted by molar-refractivity contribution is -0.142. The van der Waals surface area contributed by atoms with Crippen LogP contribution in [0.3, 0.4) is 0 Å². The van der Waals surface area contributed by atoms with Gasteiger partial charge in [-0.2, -0.15) is 12.6 Å². The maximum absolute atomic E-state index is 12.6. The van der Waals surface area contributed by atoms with Gasteiger partial charge in [-0.1, -0.05) is 0 Å². The summed E-state index contributed by atoms with van der Waals surface area (Å²) in [4.78, 5) is 63.0. The molecule has 0 aliphatic carbocycles. The zero-order valence-electron chi connectivity index (χ0n) is 17.7. The van der Waals surface area contributed by atoms with Gasteiger partial charge in [0.1, 0.15) is 18.1 Å². The Balaban J connectivity index is 5.02. The molecular formula is C17H32N8O6S. The van der Waals surface area contributed by atoms with Gasteiger partial charge in [0.2, 0.25) is 23.6 Å². The van der Waals surface area contributed by atoms with Gasteiger partial charge in [0.25, 0.3) is 0 Å². The first kappa shape index (κ1) is 28.9. The number of nitrogens with two attached hydrogens (primary N) is 4. The van der Waals surface area contributed by atoms with Crippen molar-refractivity contribution in [3.63, 3.8) is 0 Å². The molecule has 32 heavy (non-hydrogen) atoms. The summed E-state index contributed by atoms with van der Waals surface area (Å²) in [6.07, 6.45) is 0.275. The number of hydrogen-bond donors (Lipinski definition) is 9. The van der Waals surface area contributed by atoms with Gasteiger partial charge in [-0.05, 0) is 26.2 Å². The third-order valence-corrected chi connectivity index (χ3v) is 4.53. The average molecular weight is 477 g/mol. The van der Waals surface area contributed by atoms with Gasteiger partial charge in [0, 0.05) is 18.7 Å². The van der Waals surface area contributed by atoms with Gasteiger partial charge in [-0.15, -0.1) is 0 Å². The van der Waals surface area contributed by atoms with Gasteiger partial charge >= 0.3 is 5.97 Å². The number of thiol groups is 1. The Labute approximate surface area is 190 Å². The summed E-state index contributed by atoms with van der Waals surface area (Å²) in [7, 11) is 0. The Morgan fingerprint density at radius 3 is 2.00 bits per heavy atom. The van der Waals surface area contributed by atoms with E-state index in [0.29, 0.717) is 6.42 Å². The molecule has 182 valence electrons. The third-order valence-electron chi connectivity index (χ3n) is 4.16. The number of aliphatic carboxylic acids is 1. The van der Waals surface area contributed by atoms with E-state index in [1.54, 1.807) is 0 Å². The number of nitrogens with zero attached hydrogens (tertiary/aromatic N) is 1. The van der Waals surface area contributed by atoms with Crippen LogP contribution in [0.2, 0.25) is 0 Å². The van der Waals surface area contributed by atoms with E-state index >= 15 is 0 Å². The summed E-state index contributed by atoms with van der Waals surface area (Å²) in [6, 6.07) is -4.57. The fourth-order valence-corrected chi connectivity index (χ4v) is 2.58. The van der Waals surface area contributed by atoms with Crippen LogP contribution in [-0.4, -0.2) is 77.1 Å². The molecule has 0 aliphatic rings. The van der Waals surface area contributed by atoms with E-state index in [1.807, 2.05) is 0 Å². The molecule has 0 radical (unpaired) electrons. The van der Waals surface area contributed by atoms with E-state index in [2.05, 4.69) is 33.6 Å². The van der Waals surface area contributed by atoms with Crippen LogP contribution < -0.4 is 38.9 Å². The Hall–Kier alpha value is -3.07. The number of carboxylic acid groups (broad SMARTS) is 1. The molecule has 0 heterocycles. The predicted octanol–water partition coefficient (Wildman–Crippen LogP) is -3.88. The van der Waals surface area contributed by atoms with Crippen LogP contribution in [-0.2, 0) is 24.0 Å². The number of aliphatic imine (C=N–C) groups is 1. The van der Waals surface area contributed by atoms with Crippen LogP contribution in [0.4, 0.5) is 0 Å². The minimum absolute atomic E-state index is 0.0810. The molecule has 0 aromatic heterocycles. The van der Waals surface area contributed by atoms with Crippen LogP contribution >= 0.6 is 12.6 Å². The summed E-state index contributed by atoms with van der Waals surface area (Å²) in [5.41, 5.74) is 21.3. The zero-order valence-corrected chi connectivity index (χ0v) is 18.6. The van der Waals surface area contributed by atoms with Crippen LogP contribution in [0.15, 0.2) is 4.99 Å². The van der Waals surface area contributed by atoms with Gasteiger partial charge < -0.3 is 44.0 Å². The summed E-state index contributed by atoms with van der Waals surface area (Å²) < 4.78 is 0. The molecule has 4 unspecified atom stereocenters. The molecule has 14 nitrogen and oxygen atoms in total. The van der Waals surface area contributed by atoms with Crippen molar-refractivity contribution in [3.05, 3.63) is 0 Å². The molecule has 4 amide bonds. The van der Waals surface area contributed by atoms with E-state index in [0.717, 1.165) is 0 Å². The SMILES string of the molecule is CC(NC(=O)C(CCC(N)=O)NC(=O)C(CS)NC(=O)C(N)CCCN=C(N)N)C(=O)O. The lowest BCUT2D eigenvalue weighted by atomic mass is 10.1. The molecule has 0 saturated heterocycles. The summed E-state index contributed by atoms with van der Waals surface area (Å²) in [5, 5.41) is 15.9. The van der Waals surface area contributed by atoms with Crippen LogP contribution in [0.1, 0.15) is 32.6 Å². The number of amides is 4. The van der Waals surface area contributed by atoms with Gasteiger partial charge in [-0.3, -0.25) is 29.0 Å². The first-order chi connectivity index (χ1) is 14.9. The molecule has 0 saturated carbocycles. The molecular weight excluding hydrogens is 444 g/mol. The number of hydrogen-bond acceptors (Lipinski definition) is 8. The van der Waals surface area contributed by atoms with Crippen molar-refractivity contribution >= 4 is 48.2 Å². The van der Waals surface area contributed by atoms with E-state index in [4.69, 9.17) is 28.0 Å². The molecule has 0 aromatic rings. The van der Waals surface area contributed by atoms with Crippen molar-refractivity contribution < 1.29 is 29.1 Å². The molecule has 15 heteroatoms. The first-order valence-corrected chi connectivity index (χ1v) is 10.4. The van der Waals surface area contributed by atoms with Crippen LogP contribution in [0, 0.1) is 0 Å². The molecule has 4 atom stereocenters. The second kappa shape index (κ2) is 14.9. The smallest absolute Gasteiger partial charge is 0.325 e. The molecule has 12 N–H and O–H groups in total. The van der Waals surface area contributed by atoms with Crippen LogP contribution in [0.5, 0.6) is 0 Å².